The van der Waals surface area contributed by atoms with Gasteiger partial charge in [0.2, 0.25) is 10.0 Å². The number of hydrogen-bond donors (Lipinski definition) is 2. The van der Waals surface area contributed by atoms with Crippen LogP contribution in [0.5, 0.6) is 0 Å². The quantitative estimate of drug-likeness (QED) is 0.717. The summed E-state index contributed by atoms with van der Waals surface area (Å²) in [6.07, 6.45) is -1.61. The zero-order valence-corrected chi connectivity index (χ0v) is 10.3. The van der Waals surface area contributed by atoms with Crippen LogP contribution in [0.1, 0.15) is 0 Å². The molecule has 0 radical (unpaired) electrons. The Kier molecular flexibility index (Phi) is 4.76. The Morgan fingerprint density at radius 2 is 2.22 bits per heavy atom. The second-order valence-corrected chi connectivity index (χ2v) is 5.12. The number of ether oxygens (including phenoxy) is 1. The maximum atomic E-state index is 12.9. The first kappa shape index (κ1) is 14.6. The Bertz CT molecular complexity index is 531. The van der Waals surface area contributed by atoms with E-state index in [1.165, 1.54) is 12.1 Å². The van der Waals surface area contributed by atoms with Crippen molar-refractivity contribution in [1.82, 2.24) is 4.72 Å². The number of aliphatic hydroxyl groups excluding tert-OH is 1. The molecule has 0 aliphatic heterocycles. The number of benzene rings is 1. The number of hydrogen-bond acceptors (Lipinski definition) is 5. The van der Waals surface area contributed by atoms with Crippen LogP contribution in [0.15, 0.2) is 29.2 Å². The largest absolute Gasteiger partial charge is 0.467 e. The fraction of sp³-hybridized carbons (Fsp3) is 0.300. The van der Waals surface area contributed by atoms with Gasteiger partial charge in [-0.2, -0.15) is 0 Å². The average molecular weight is 277 g/mol. The molecule has 6 nitrogen and oxygen atoms in total. The highest BCUT2D eigenvalue weighted by Gasteiger charge is 2.20. The van der Waals surface area contributed by atoms with Crippen LogP contribution in [0.4, 0.5) is 4.39 Å². The first-order chi connectivity index (χ1) is 8.36. The molecule has 0 saturated carbocycles. The van der Waals surface area contributed by atoms with Gasteiger partial charge < -0.3 is 9.84 Å². The normalized spacial score (nSPS) is 13.1. The number of carbonyl (C=O) groups excluding carboxylic acids is 1. The van der Waals surface area contributed by atoms with Crippen molar-refractivity contribution in [2.75, 3.05) is 13.7 Å². The number of esters is 1. The highest BCUT2D eigenvalue weighted by molar-refractivity contribution is 7.89. The highest BCUT2D eigenvalue weighted by Crippen LogP contribution is 2.10. The molecule has 0 aliphatic rings. The molecular formula is C10H12FNO5S. The molecule has 1 rings (SSSR count). The summed E-state index contributed by atoms with van der Waals surface area (Å²) in [5.41, 5.74) is 0. The van der Waals surface area contributed by atoms with Gasteiger partial charge in [0.15, 0.2) is 6.10 Å². The van der Waals surface area contributed by atoms with Crippen molar-refractivity contribution in [2.45, 2.75) is 11.0 Å². The van der Waals surface area contributed by atoms with Gasteiger partial charge in [-0.15, -0.1) is 0 Å². The molecule has 0 aromatic heterocycles. The van der Waals surface area contributed by atoms with Crippen LogP contribution in [0, 0.1) is 5.82 Å². The van der Waals surface area contributed by atoms with Gasteiger partial charge in [0.05, 0.1) is 12.0 Å². The minimum absolute atomic E-state index is 0.292. The van der Waals surface area contributed by atoms with Crippen LogP contribution in [-0.2, 0) is 19.6 Å². The van der Waals surface area contributed by atoms with Crippen molar-refractivity contribution in [3.8, 4) is 0 Å². The summed E-state index contributed by atoms with van der Waals surface area (Å²) >= 11 is 0. The second-order valence-electron chi connectivity index (χ2n) is 3.35. The van der Waals surface area contributed by atoms with Crippen molar-refractivity contribution in [1.29, 1.82) is 0 Å². The van der Waals surface area contributed by atoms with Gasteiger partial charge in [-0.25, -0.2) is 22.3 Å². The molecule has 0 saturated heterocycles. The van der Waals surface area contributed by atoms with Crippen molar-refractivity contribution in [2.24, 2.45) is 0 Å². The summed E-state index contributed by atoms with van der Waals surface area (Å²) in [6, 6.07) is 4.35. The fourth-order valence-corrected chi connectivity index (χ4v) is 2.19. The van der Waals surface area contributed by atoms with Crippen LogP contribution < -0.4 is 4.72 Å². The van der Waals surface area contributed by atoms with Gasteiger partial charge >= 0.3 is 5.97 Å². The molecule has 0 bridgehead atoms. The number of nitrogens with one attached hydrogen (secondary N) is 1. The second kappa shape index (κ2) is 5.89. The molecule has 0 spiro atoms. The predicted octanol–water partition coefficient (Wildman–Crippen LogP) is -0.362. The number of aliphatic hydroxyl groups is 1. The molecule has 100 valence electrons. The minimum Gasteiger partial charge on any atom is -0.467 e. The molecule has 0 aliphatic carbocycles. The van der Waals surface area contributed by atoms with Crippen LogP contribution in [0.3, 0.4) is 0 Å². The summed E-state index contributed by atoms with van der Waals surface area (Å²) in [5.74, 6) is -1.66. The average Bonchev–Trinajstić information content (AvgIpc) is 2.35. The summed E-state index contributed by atoms with van der Waals surface area (Å²) < 4.78 is 42.4. The van der Waals surface area contributed by atoms with E-state index in [1.807, 2.05) is 4.72 Å². The molecular weight excluding hydrogens is 265 g/mol. The third-order valence-corrected chi connectivity index (χ3v) is 3.47. The monoisotopic (exact) mass is 277 g/mol. The van der Waals surface area contributed by atoms with E-state index in [4.69, 9.17) is 0 Å². The molecule has 18 heavy (non-hydrogen) atoms. The molecule has 1 unspecified atom stereocenters. The van der Waals surface area contributed by atoms with Crippen LogP contribution >= 0.6 is 0 Å². The topological polar surface area (TPSA) is 92.7 Å². The molecule has 1 atom stereocenters. The Labute approximate surface area is 103 Å². The Morgan fingerprint density at radius 1 is 1.56 bits per heavy atom. The third-order valence-electron chi connectivity index (χ3n) is 2.05. The zero-order valence-electron chi connectivity index (χ0n) is 9.46. The smallest absolute Gasteiger partial charge is 0.336 e. The first-order valence-corrected chi connectivity index (χ1v) is 6.36. The van der Waals surface area contributed by atoms with Crippen molar-refractivity contribution >= 4 is 16.0 Å². The van der Waals surface area contributed by atoms with Gasteiger partial charge in [0.25, 0.3) is 0 Å². The fourth-order valence-electron chi connectivity index (χ4n) is 1.13. The SMILES string of the molecule is COC(=O)C(O)CNS(=O)(=O)c1cccc(F)c1. The molecule has 1 aromatic carbocycles. The molecule has 0 heterocycles. The third kappa shape index (κ3) is 3.76. The van der Waals surface area contributed by atoms with Gasteiger partial charge in [-0.3, -0.25) is 0 Å². The summed E-state index contributed by atoms with van der Waals surface area (Å²) in [7, 11) is -2.92. The van der Waals surface area contributed by atoms with E-state index in [0.29, 0.717) is 0 Å². The number of sulfonamides is 1. The maximum Gasteiger partial charge on any atom is 0.336 e. The van der Waals surface area contributed by atoms with Crippen molar-refractivity contribution in [3.05, 3.63) is 30.1 Å². The summed E-state index contributed by atoms with van der Waals surface area (Å²) in [5, 5.41) is 9.21. The number of rotatable bonds is 5. The molecule has 0 amide bonds. The Balaban J connectivity index is 2.75. The Morgan fingerprint density at radius 3 is 2.78 bits per heavy atom. The van der Waals surface area contributed by atoms with E-state index in [0.717, 1.165) is 19.2 Å². The minimum atomic E-state index is -3.98. The lowest BCUT2D eigenvalue weighted by Gasteiger charge is -2.10. The lowest BCUT2D eigenvalue weighted by molar-refractivity contribution is -0.149. The van der Waals surface area contributed by atoms with E-state index in [2.05, 4.69) is 4.74 Å². The molecule has 0 fully saturated rings. The zero-order chi connectivity index (χ0) is 13.8. The van der Waals surface area contributed by atoms with Crippen molar-refractivity contribution < 1.29 is 27.4 Å². The van der Waals surface area contributed by atoms with E-state index in [9.17, 15) is 22.7 Å². The van der Waals surface area contributed by atoms with E-state index >= 15 is 0 Å². The number of carbonyl (C=O) groups is 1. The maximum absolute atomic E-state index is 12.9. The van der Waals surface area contributed by atoms with Gasteiger partial charge in [-0.05, 0) is 18.2 Å². The van der Waals surface area contributed by atoms with Gasteiger partial charge in [0, 0.05) is 6.54 Å². The van der Waals surface area contributed by atoms with E-state index < -0.39 is 34.5 Å². The Hall–Kier alpha value is -1.51. The van der Waals surface area contributed by atoms with Crippen LogP contribution in [-0.4, -0.2) is 39.3 Å². The first-order valence-electron chi connectivity index (χ1n) is 4.88. The summed E-state index contributed by atoms with van der Waals surface area (Å²) in [4.78, 5) is 10.6. The lowest BCUT2D eigenvalue weighted by Crippen LogP contribution is -2.37. The molecule has 2 N–H and O–H groups in total. The van der Waals surface area contributed by atoms with Gasteiger partial charge in [0.1, 0.15) is 5.82 Å². The van der Waals surface area contributed by atoms with E-state index in [1.54, 1.807) is 0 Å². The summed E-state index contributed by atoms with van der Waals surface area (Å²) in [6.45, 7) is -0.550. The number of methoxy groups -OCH3 is 1. The van der Waals surface area contributed by atoms with E-state index in [-0.39, 0.29) is 4.90 Å². The molecule has 1 aromatic rings. The van der Waals surface area contributed by atoms with Gasteiger partial charge in [-0.1, -0.05) is 6.07 Å². The van der Waals surface area contributed by atoms with Crippen molar-refractivity contribution in [3.63, 3.8) is 0 Å². The highest BCUT2D eigenvalue weighted by atomic mass is 32.2. The lowest BCUT2D eigenvalue weighted by atomic mass is 10.4. The molecule has 8 heteroatoms. The standard InChI is InChI=1S/C10H12FNO5S/c1-17-10(14)9(13)6-12-18(15,16)8-4-2-3-7(11)5-8/h2-5,9,12-13H,6H2,1H3. The van der Waals surface area contributed by atoms with Crippen LogP contribution in [0.25, 0.3) is 0 Å². The predicted molar refractivity (Wildman–Crippen MR) is 59.6 cm³/mol. The number of halogens is 1. The van der Waals surface area contributed by atoms with Crippen LogP contribution in [0.2, 0.25) is 0 Å².